The van der Waals surface area contributed by atoms with E-state index in [1.807, 2.05) is 42.5 Å². The van der Waals surface area contributed by atoms with Crippen molar-refractivity contribution in [3.05, 3.63) is 84.5 Å². The Kier molecular flexibility index (Phi) is 7.85. The zero-order chi connectivity index (χ0) is 19.5. The third-order valence-corrected chi connectivity index (χ3v) is 3.63. The standard InChI is InChI=1S/C22H23NO4/c1-3-15-26-20-12-9-18(10-13-20)11-14-21(24)27-17(2)22(25)23-16-19-7-5-4-6-8-19/h3-14,17H,1,15-16H2,2H3,(H,23,25)/b14-11+. The Labute approximate surface area is 159 Å². The largest absolute Gasteiger partial charge is 0.490 e. The van der Waals surface area contributed by atoms with E-state index in [1.165, 1.54) is 13.0 Å². The summed E-state index contributed by atoms with van der Waals surface area (Å²) >= 11 is 0. The molecule has 27 heavy (non-hydrogen) atoms. The van der Waals surface area contributed by atoms with E-state index in [0.717, 1.165) is 16.9 Å². The summed E-state index contributed by atoms with van der Waals surface area (Å²) in [4.78, 5) is 23.9. The molecule has 2 aromatic rings. The van der Waals surface area contributed by atoms with E-state index < -0.39 is 12.1 Å². The molecule has 5 nitrogen and oxygen atoms in total. The van der Waals surface area contributed by atoms with Gasteiger partial charge in [0.2, 0.25) is 0 Å². The van der Waals surface area contributed by atoms with Gasteiger partial charge >= 0.3 is 5.97 Å². The van der Waals surface area contributed by atoms with Gasteiger partial charge in [-0.1, -0.05) is 55.1 Å². The van der Waals surface area contributed by atoms with Crippen LogP contribution in [-0.2, 0) is 20.9 Å². The van der Waals surface area contributed by atoms with Gasteiger partial charge in [-0.15, -0.1) is 0 Å². The number of hydrogen-bond acceptors (Lipinski definition) is 4. The Morgan fingerprint density at radius 1 is 1.11 bits per heavy atom. The molecule has 1 atom stereocenters. The Balaban J connectivity index is 1.78. The Hall–Kier alpha value is -3.34. The van der Waals surface area contributed by atoms with Gasteiger partial charge in [-0.25, -0.2) is 4.79 Å². The maximum Gasteiger partial charge on any atom is 0.331 e. The fourth-order valence-corrected chi connectivity index (χ4v) is 2.19. The lowest BCUT2D eigenvalue weighted by molar-refractivity contribution is -0.150. The third-order valence-electron chi connectivity index (χ3n) is 3.63. The highest BCUT2D eigenvalue weighted by molar-refractivity contribution is 5.90. The van der Waals surface area contributed by atoms with Crippen LogP contribution in [0, 0.1) is 0 Å². The van der Waals surface area contributed by atoms with Crippen LogP contribution in [0.3, 0.4) is 0 Å². The summed E-state index contributed by atoms with van der Waals surface area (Å²) in [6, 6.07) is 16.8. The molecule has 1 N–H and O–H groups in total. The average Bonchev–Trinajstić information content (AvgIpc) is 2.70. The zero-order valence-electron chi connectivity index (χ0n) is 15.3. The summed E-state index contributed by atoms with van der Waals surface area (Å²) in [5, 5.41) is 2.74. The number of hydrogen-bond donors (Lipinski definition) is 1. The molecular weight excluding hydrogens is 342 g/mol. The Morgan fingerprint density at radius 2 is 1.81 bits per heavy atom. The molecule has 2 rings (SSSR count). The molecule has 0 aromatic heterocycles. The van der Waals surface area contributed by atoms with Gasteiger partial charge in [0.25, 0.3) is 5.91 Å². The lowest BCUT2D eigenvalue weighted by Gasteiger charge is -2.12. The summed E-state index contributed by atoms with van der Waals surface area (Å²) < 4.78 is 10.5. The van der Waals surface area contributed by atoms with Crippen molar-refractivity contribution in [3.8, 4) is 5.75 Å². The monoisotopic (exact) mass is 365 g/mol. The maximum atomic E-state index is 12.0. The minimum absolute atomic E-state index is 0.343. The van der Waals surface area contributed by atoms with Crippen molar-refractivity contribution in [1.29, 1.82) is 0 Å². The summed E-state index contributed by atoms with van der Waals surface area (Å²) in [5.74, 6) is -0.202. The number of carbonyl (C=O) groups excluding carboxylic acids is 2. The van der Waals surface area contributed by atoms with Crippen LogP contribution in [0.15, 0.2) is 73.3 Å². The first-order valence-electron chi connectivity index (χ1n) is 8.62. The number of esters is 1. The highest BCUT2D eigenvalue weighted by Crippen LogP contribution is 2.13. The second kappa shape index (κ2) is 10.6. The van der Waals surface area contributed by atoms with Crippen LogP contribution in [0.5, 0.6) is 5.75 Å². The third kappa shape index (κ3) is 7.20. The highest BCUT2D eigenvalue weighted by atomic mass is 16.5. The molecule has 0 aliphatic carbocycles. The lowest BCUT2D eigenvalue weighted by atomic mass is 10.2. The first-order chi connectivity index (χ1) is 13.1. The van der Waals surface area contributed by atoms with Gasteiger partial charge in [0.15, 0.2) is 6.10 Å². The fourth-order valence-electron chi connectivity index (χ4n) is 2.19. The van der Waals surface area contributed by atoms with Crippen molar-refractivity contribution in [2.24, 2.45) is 0 Å². The molecule has 0 radical (unpaired) electrons. The Morgan fingerprint density at radius 3 is 2.48 bits per heavy atom. The number of nitrogens with one attached hydrogen (secondary N) is 1. The van der Waals surface area contributed by atoms with E-state index in [9.17, 15) is 9.59 Å². The van der Waals surface area contributed by atoms with E-state index in [1.54, 1.807) is 24.3 Å². The predicted molar refractivity (Wildman–Crippen MR) is 105 cm³/mol. The van der Waals surface area contributed by atoms with Gasteiger partial charge in [-0.05, 0) is 36.3 Å². The molecule has 0 bridgehead atoms. The summed E-state index contributed by atoms with van der Waals surface area (Å²) in [6.45, 7) is 5.95. The number of benzene rings is 2. The Bertz CT molecular complexity index is 782. The van der Waals surface area contributed by atoms with Crippen LogP contribution in [0.2, 0.25) is 0 Å². The van der Waals surface area contributed by atoms with E-state index in [0.29, 0.717) is 13.2 Å². The summed E-state index contributed by atoms with van der Waals surface area (Å²) in [5.41, 5.74) is 1.80. The molecule has 0 aliphatic rings. The smallest absolute Gasteiger partial charge is 0.331 e. The molecule has 1 unspecified atom stereocenters. The van der Waals surface area contributed by atoms with Crippen molar-refractivity contribution in [1.82, 2.24) is 5.32 Å². The number of ether oxygens (including phenoxy) is 2. The molecule has 0 spiro atoms. The predicted octanol–water partition coefficient (Wildman–Crippen LogP) is 3.51. The van der Waals surface area contributed by atoms with Crippen LogP contribution >= 0.6 is 0 Å². The van der Waals surface area contributed by atoms with E-state index >= 15 is 0 Å². The number of rotatable bonds is 9. The first-order valence-corrected chi connectivity index (χ1v) is 8.62. The molecule has 140 valence electrons. The lowest BCUT2D eigenvalue weighted by Crippen LogP contribution is -2.35. The van der Waals surface area contributed by atoms with Crippen molar-refractivity contribution < 1.29 is 19.1 Å². The maximum absolute atomic E-state index is 12.0. The summed E-state index contributed by atoms with van der Waals surface area (Å²) in [6.07, 6.45) is 3.70. The second-order valence-corrected chi connectivity index (χ2v) is 5.78. The molecule has 0 saturated heterocycles. The van der Waals surface area contributed by atoms with Crippen molar-refractivity contribution >= 4 is 18.0 Å². The van der Waals surface area contributed by atoms with Gasteiger partial charge in [0, 0.05) is 12.6 Å². The summed E-state index contributed by atoms with van der Waals surface area (Å²) in [7, 11) is 0. The molecule has 0 heterocycles. The highest BCUT2D eigenvalue weighted by Gasteiger charge is 2.15. The molecular formula is C22H23NO4. The molecule has 0 aliphatic heterocycles. The van der Waals surface area contributed by atoms with Crippen molar-refractivity contribution in [2.45, 2.75) is 19.6 Å². The SMILES string of the molecule is C=CCOc1ccc(/C=C/C(=O)OC(C)C(=O)NCc2ccccc2)cc1. The van der Waals surface area contributed by atoms with Crippen LogP contribution in [0.1, 0.15) is 18.1 Å². The molecule has 0 saturated carbocycles. The number of carbonyl (C=O) groups is 2. The van der Waals surface area contributed by atoms with E-state index in [2.05, 4.69) is 11.9 Å². The quantitative estimate of drug-likeness (QED) is 0.420. The van der Waals surface area contributed by atoms with Gasteiger partial charge in [-0.2, -0.15) is 0 Å². The van der Waals surface area contributed by atoms with Gasteiger partial charge < -0.3 is 14.8 Å². The van der Waals surface area contributed by atoms with Gasteiger partial charge in [-0.3, -0.25) is 4.79 Å². The molecule has 1 amide bonds. The second-order valence-electron chi connectivity index (χ2n) is 5.78. The molecule has 0 fully saturated rings. The van der Waals surface area contributed by atoms with Gasteiger partial charge in [0.1, 0.15) is 12.4 Å². The van der Waals surface area contributed by atoms with Crippen molar-refractivity contribution in [2.75, 3.05) is 6.61 Å². The topological polar surface area (TPSA) is 64.6 Å². The minimum atomic E-state index is -0.874. The normalized spacial score (nSPS) is 11.6. The van der Waals surface area contributed by atoms with E-state index in [4.69, 9.17) is 9.47 Å². The van der Waals surface area contributed by atoms with E-state index in [-0.39, 0.29) is 5.91 Å². The zero-order valence-corrected chi connectivity index (χ0v) is 15.3. The minimum Gasteiger partial charge on any atom is -0.490 e. The van der Waals surface area contributed by atoms with Gasteiger partial charge in [0.05, 0.1) is 0 Å². The fraction of sp³-hybridized carbons (Fsp3) is 0.182. The molecule has 5 heteroatoms. The van der Waals surface area contributed by atoms with Crippen LogP contribution in [0.25, 0.3) is 6.08 Å². The average molecular weight is 365 g/mol. The van der Waals surface area contributed by atoms with Crippen LogP contribution in [0.4, 0.5) is 0 Å². The molecule has 2 aromatic carbocycles. The number of amides is 1. The van der Waals surface area contributed by atoms with Crippen molar-refractivity contribution in [3.63, 3.8) is 0 Å². The first kappa shape index (κ1) is 20.0. The van der Waals surface area contributed by atoms with Crippen LogP contribution in [-0.4, -0.2) is 24.6 Å². The van der Waals surface area contributed by atoms with Crippen LogP contribution < -0.4 is 10.1 Å².